The quantitative estimate of drug-likeness (QED) is 0.752. The SMILES string of the molecule is O=C(Nc1ccc2oc(=O)[nH]c2c1)c1ccc(F)cc1. The number of fused-ring (bicyclic) bond motifs is 1. The Hall–Kier alpha value is -2.89. The van der Waals surface area contributed by atoms with Crippen molar-refractivity contribution in [1.82, 2.24) is 4.98 Å². The summed E-state index contributed by atoms with van der Waals surface area (Å²) in [7, 11) is 0. The van der Waals surface area contributed by atoms with Crippen molar-refractivity contribution in [1.29, 1.82) is 0 Å². The molecule has 2 N–H and O–H groups in total. The van der Waals surface area contributed by atoms with Gasteiger partial charge < -0.3 is 9.73 Å². The fourth-order valence-corrected chi connectivity index (χ4v) is 1.83. The van der Waals surface area contributed by atoms with Crippen LogP contribution in [0.2, 0.25) is 0 Å². The third-order valence-electron chi connectivity index (χ3n) is 2.78. The number of rotatable bonds is 2. The molecule has 3 rings (SSSR count). The number of nitrogens with one attached hydrogen (secondary N) is 2. The van der Waals surface area contributed by atoms with Crippen molar-refractivity contribution in [2.24, 2.45) is 0 Å². The van der Waals surface area contributed by atoms with Gasteiger partial charge >= 0.3 is 5.76 Å². The summed E-state index contributed by atoms with van der Waals surface area (Å²) in [4.78, 5) is 25.5. The van der Waals surface area contributed by atoms with E-state index in [1.54, 1.807) is 18.2 Å². The molecule has 6 heteroatoms. The van der Waals surface area contributed by atoms with Crippen molar-refractivity contribution in [2.45, 2.75) is 0 Å². The Morgan fingerprint density at radius 2 is 1.90 bits per heavy atom. The third kappa shape index (κ3) is 2.31. The van der Waals surface area contributed by atoms with Crippen LogP contribution in [0, 0.1) is 5.82 Å². The van der Waals surface area contributed by atoms with E-state index in [2.05, 4.69) is 10.3 Å². The summed E-state index contributed by atoms with van der Waals surface area (Å²) in [6.45, 7) is 0. The van der Waals surface area contributed by atoms with Crippen molar-refractivity contribution >= 4 is 22.7 Å². The zero-order chi connectivity index (χ0) is 14.1. The summed E-state index contributed by atoms with van der Waals surface area (Å²) in [5, 5.41) is 2.65. The van der Waals surface area contributed by atoms with Crippen LogP contribution in [0.25, 0.3) is 11.1 Å². The van der Waals surface area contributed by atoms with Crippen molar-refractivity contribution in [2.75, 3.05) is 5.32 Å². The van der Waals surface area contributed by atoms with Gasteiger partial charge in [0.2, 0.25) is 0 Å². The van der Waals surface area contributed by atoms with Crippen LogP contribution < -0.4 is 11.1 Å². The minimum absolute atomic E-state index is 0.340. The second kappa shape index (κ2) is 4.65. The predicted octanol–water partition coefficient (Wildman–Crippen LogP) is 2.51. The molecule has 1 amide bonds. The van der Waals surface area contributed by atoms with Crippen LogP contribution in [0.3, 0.4) is 0 Å². The minimum Gasteiger partial charge on any atom is -0.408 e. The lowest BCUT2D eigenvalue weighted by molar-refractivity contribution is 0.102. The largest absolute Gasteiger partial charge is 0.417 e. The molecule has 0 fully saturated rings. The van der Waals surface area contributed by atoms with Crippen LogP contribution in [-0.2, 0) is 0 Å². The Balaban J connectivity index is 1.86. The van der Waals surface area contributed by atoms with E-state index < -0.39 is 11.6 Å². The maximum Gasteiger partial charge on any atom is 0.417 e. The highest BCUT2D eigenvalue weighted by Gasteiger charge is 2.08. The molecule has 3 aromatic rings. The van der Waals surface area contributed by atoms with Crippen LogP contribution >= 0.6 is 0 Å². The van der Waals surface area contributed by atoms with Crippen LogP contribution in [0.4, 0.5) is 10.1 Å². The Morgan fingerprint density at radius 1 is 1.15 bits per heavy atom. The lowest BCUT2D eigenvalue weighted by Crippen LogP contribution is -2.11. The molecule has 0 aliphatic heterocycles. The van der Waals surface area contributed by atoms with Gasteiger partial charge in [-0.1, -0.05) is 0 Å². The molecule has 0 aliphatic carbocycles. The second-order valence-corrected chi connectivity index (χ2v) is 4.19. The highest BCUT2D eigenvalue weighted by atomic mass is 19.1. The van der Waals surface area contributed by atoms with Crippen molar-refractivity contribution < 1.29 is 13.6 Å². The van der Waals surface area contributed by atoms with E-state index in [9.17, 15) is 14.0 Å². The summed E-state index contributed by atoms with van der Waals surface area (Å²) in [5.41, 5.74) is 1.75. The van der Waals surface area contributed by atoms with Gasteiger partial charge in [0.05, 0.1) is 5.52 Å². The Morgan fingerprint density at radius 3 is 2.65 bits per heavy atom. The number of halogens is 1. The number of anilines is 1. The first-order valence-electron chi connectivity index (χ1n) is 5.81. The molecule has 0 atom stereocenters. The average molecular weight is 272 g/mol. The van der Waals surface area contributed by atoms with Crippen LogP contribution in [0.5, 0.6) is 0 Å². The summed E-state index contributed by atoms with van der Waals surface area (Å²) < 4.78 is 17.6. The number of oxazole rings is 1. The Kier molecular flexibility index (Phi) is 2.83. The zero-order valence-corrected chi connectivity index (χ0v) is 10.1. The molecule has 0 aliphatic rings. The molecule has 5 nitrogen and oxygen atoms in total. The van der Waals surface area contributed by atoms with Gasteiger partial charge in [0.15, 0.2) is 5.58 Å². The van der Waals surface area contributed by atoms with Gasteiger partial charge in [0.1, 0.15) is 5.82 Å². The lowest BCUT2D eigenvalue weighted by Gasteiger charge is -2.04. The first kappa shape index (κ1) is 12.2. The van der Waals surface area contributed by atoms with E-state index in [4.69, 9.17) is 4.42 Å². The fraction of sp³-hybridized carbons (Fsp3) is 0. The van der Waals surface area contributed by atoms with Gasteiger partial charge in [-0.2, -0.15) is 0 Å². The molecule has 0 spiro atoms. The van der Waals surface area contributed by atoms with E-state index in [-0.39, 0.29) is 5.91 Å². The third-order valence-corrected chi connectivity index (χ3v) is 2.78. The molecule has 0 radical (unpaired) electrons. The number of carbonyl (C=O) groups is 1. The summed E-state index contributed by atoms with van der Waals surface area (Å²) in [6.07, 6.45) is 0. The zero-order valence-electron chi connectivity index (χ0n) is 10.1. The van der Waals surface area contributed by atoms with Crippen molar-refractivity contribution in [3.63, 3.8) is 0 Å². The summed E-state index contributed by atoms with van der Waals surface area (Å²) in [6, 6.07) is 9.99. The highest BCUT2D eigenvalue weighted by Crippen LogP contribution is 2.17. The smallest absolute Gasteiger partial charge is 0.408 e. The number of hydrogen-bond acceptors (Lipinski definition) is 3. The molecule has 0 bridgehead atoms. The summed E-state index contributed by atoms with van der Waals surface area (Å²) >= 11 is 0. The minimum atomic E-state index is -0.554. The standard InChI is InChI=1S/C14H9FN2O3/c15-9-3-1-8(2-4-9)13(18)16-10-5-6-12-11(7-10)17-14(19)20-12/h1-7H,(H,16,18)(H,17,19). The van der Waals surface area contributed by atoms with E-state index in [0.29, 0.717) is 22.4 Å². The molecular weight excluding hydrogens is 263 g/mol. The monoisotopic (exact) mass is 272 g/mol. The van der Waals surface area contributed by atoms with Crippen molar-refractivity contribution in [3.8, 4) is 0 Å². The molecule has 2 aromatic carbocycles. The predicted molar refractivity (Wildman–Crippen MR) is 71.2 cm³/mol. The Bertz CT molecular complexity index is 833. The first-order chi connectivity index (χ1) is 9.61. The van der Waals surface area contributed by atoms with Crippen molar-refractivity contribution in [3.05, 3.63) is 64.4 Å². The molecular formula is C14H9FN2O3. The molecule has 20 heavy (non-hydrogen) atoms. The number of carbonyl (C=O) groups excluding carboxylic acids is 1. The van der Waals surface area contributed by atoms with Gasteiger partial charge in [-0.3, -0.25) is 9.78 Å². The Labute approximate surface area is 112 Å². The van der Waals surface area contributed by atoms with E-state index in [1.165, 1.54) is 24.3 Å². The summed E-state index contributed by atoms with van der Waals surface area (Å²) in [5.74, 6) is -1.32. The molecule has 0 saturated carbocycles. The number of H-pyrrole nitrogens is 1. The first-order valence-corrected chi connectivity index (χ1v) is 5.81. The maximum absolute atomic E-state index is 12.8. The number of aromatic amines is 1. The van der Waals surface area contributed by atoms with E-state index in [0.717, 1.165) is 0 Å². The van der Waals surface area contributed by atoms with Crippen LogP contribution in [0.1, 0.15) is 10.4 Å². The van der Waals surface area contributed by atoms with Gasteiger partial charge in [-0.05, 0) is 42.5 Å². The highest BCUT2D eigenvalue weighted by molar-refractivity contribution is 6.04. The van der Waals surface area contributed by atoms with E-state index >= 15 is 0 Å². The van der Waals surface area contributed by atoms with E-state index in [1.807, 2.05) is 0 Å². The normalized spacial score (nSPS) is 10.7. The lowest BCUT2D eigenvalue weighted by atomic mass is 10.2. The molecule has 0 unspecified atom stereocenters. The molecule has 1 heterocycles. The molecule has 100 valence electrons. The number of amides is 1. The topological polar surface area (TPSA) is 75.1 Å². The van der Waals surface area contributed by atoms with Gasteiger partial charge in [0, 0.05) is 11.3 Å². The van der Waals surface area contributed by atoms with Crippen LogP contribution in [0.15, 0.2) is 51.7 Å². The number of benzene rings is 2. The number of hydrogen-bond donors (Lipinski definition) is 2. The van der Waals surface area contributed by atoms with Gasteiger partial charge in [-0.15, -0.1) is 0 Å². The average Bonchev–Trinajstić information content (AvgIpc) is 2.78. The number of aromatic nitrogens is 1. The second-order valence-electron chi connectivity index (χ2n) is 4.19. The molecule has 0 saturated heterocycles. The molecule has 1 aromatic heterocycles. The maximum atomic E-state index is 12.8. The fourth-order valence-electron chi connectivity index (χ4n) is 1.83. The van der Waals surface area contributed by atoms with Crippen LogP contribution in [-0.4, -0.2) is 10.9 Å². The van der Waals surface area contributed by atoms with Gasteiger partial charge in [0.25, 0.3) is 5.91 Å². The van der Waals surface area contributed by atoms with Gasteiger partial charge in [-0.25, -0.2) is 9.18 Å².